The number of anilines is 1. The second kappa shape index (κ2) is 6.66. The lowest BCUT2D eigenvalue weighted by atomic mass is 10.4. The number of nitrogens with zero attached hydrogens (tertiary/aromatic N) is 3. The molecule has 0 unspecified atom stereocenters. The zero-order valence-electron chi connectivity index (χ0n) is 11.5. The van der Waals surface area contributed by atoms with Gasteiger partial charge in [0.2, 0.25) is 5.82 Å². The Labute approximate surface area is 120 Å². The van der Waals surface area contributed by atoms with Crippen LogP contribution in [0.5, 0.6) is 5.88 Å². The Morgan fingerprint density at radius 2 is 2.24 bits per heavy atom. The minimum absolute atomic E-state index is 0.0512. The molecule has 2 aromatic heterocycles. The highest BCUT2D eigenvalue weighted by molar-refractivity contribution is 5.61. The Morgan fingerprint density at radius 3 is 2.81 bits per heavy atom. The summed E-state index contributed by atoms with van der Waals surface area (Å²) in [5.41, 5.74) is -0.330. The molecule has 0 saturated heterocycles. The van der Waals surface area contributed by atoms with E-state index in [1.165, 1.54) is 20.5 Å². The zero-order chi connectivity index (χ0) is 15.2. The third-order valence-electron chi connectivity index (χ3n) is 2.56. The van der Waals surface area contributed by atoms with E-state index >= 15 is 0 Å². The fourth-order valence-electron chi connectivity index (χ4n) is 1.69. The van der Waals surface area contributed by atoms with Gasteiger partial charge in [-0.2, -0.15) is 4.98 Å². The first kappa shape index (κ1) is 14.7. The third-order valence-corrected chi connectivity index (χ3v) is 2.56. The van der Waals surface area contributed by atoms with Crippen LogP contribution in [0.15, 0.2) is 22.8 Å². The first-order chi connectivity index (χ1) is 10.2. The third kappa shape index (κ3) is 3.45. The SMILES string of the molecule is COCc1nc(NCc2ccco2)c([N+](=O)[O-])c(OC)n1. The summed E-state index contributed by atoms with van der Waals surface area (Å²) in [6, 6.07) is 3.47. The van der Waals surface area contributed by atoms with Gasteiger partial charge in [0.1, 0.15) is 12.4 Å². The van der Waals surface area contributed by atoms with Crippen molar-refractivity contribution in [2.75, 3.05) is 19.5 Å². The number of ether oxygens (including phenoxy) is 2. The summed E-state index contributed by atoms with van der Waals surface area (Å²) in [4.78, 5) is 18.6. The van der Waals surface area contributed by atoms with Crippen LogP contribution in [0.2, 0.25) is 0 Å². The lowest BCUT2D eigenvalue weighted by molar-refractivity contribution is -0.385. The van der Waals surface area contributed by atoms with Crippen molar-refractivity contribution in [3.8, 4) is 5.88 Å². The zero-order valence-corrected chi connectivity index (χ0v) is 11.5. The minimum atomic E-state index is -0.597. The van der Waals surface area contributed by atoms with Gasteiger partial charge in [0.15, 0.2) is 5.82 Å². The highest BCUT2D eigenvalue weighted by Gasteiger charge is 2.25. The number of hydrogen-bond acceptors (Lipinski definition) is 8. The van der Waals surface area contributed by atoms with Crippen molar-refractivity contribution in [1.82, 2.24) is 9.97 Å². The summed E-state index contributed by atoms with van der Waals surface area (Å²) in [5, 5.41) is 14.0. The average molecular weight is 294 g/mol. The predicted molar refractivity (Wildman–Crippen MR) is 72.0 cm³/mol. The van der Waals surface area contributed by atoms with Crippen molar-refractivity contribution in [1.29, 1.82) is 0 Å². The second-order valence-electron chi connectivity index (χ2n) is 3.97. The van der Waals surface area contributed by atoms with Crippen LogP contribution >= 0.6 is 0 Å². The number of aromatic nitrogens is 2. The summed E-state index contributed by atoms with van der Waals surface area (Å²) in [7, 11) is 2.79. The van der Waals surface area contributed by atoms with Crippen molar-refractivity contribution < 1.29 is 18.8 Å². The van der Waals surface area contributed by atoms with Gasteiger partial charge in [0.25, 0.3) is 5.88 Å². The van der Waals surface area contributed by atoms with E-state index in [9.17, 15) is 10.1 Å². The Kier molecular flexibility index (Phi) is 4.67. The number of furan rings is 1. The summed E-state index contributed by atoms with van der Waals surface area (Å²) in [6.45, 7) is 0.365. The fraction of sp³-hybridized carbons (Fsp3) is 0.333. The molecule has 0 radical (unpaired) electrons. The molecule has 0 bridgehead atoms. The van der Waals surface area contributed by atoms with Crippen molar-refractivity contribution in [2.24, 2.45) is 0 Å². The molecule has 9 heteroatoms. The van der Waals surface area contributed by atoms with Gasteiger partial charge in [-0.3, -0.25) is 10.1 Å². The monoisotopic (exact) mass is 294 g/mol. The summed E-state index contributed by atoms with van der Waals surface area (Å²) >= 11 is 0. The molecule has 2 heterocycles. The van der Waals surface area contributed by atoms with Crippen LogP contribution in [-0.4, -0.2) is 29.1 Å². The molecule has 9 nitrogen and oxygen atoms in total. The van der Waals surface area contributed by atoms with E-state index in [1.54, 1.807) is 12.1 Å². The van der Waals surface area contributed by atoms with Gasteiger partial charge in [-0.05, 0) is 12.1 Å². The maximum atomic E-state index is 11.2. The summed E-state index contributed by atoms with van der Waals surface area (Å²) < 4.78 is 15.1. The van der Waals surface area contributed by atoms with E-state index in [-0.39, 0.29) is 36.4 Å². The molecule has 112 valence electrons. The second-order valence-corrected chi connectivity index (χ2v) is 3.97. The first-order valence-electron chi connectivity index (χ1n) is 6.00. The van der Waals surface area contributed by atoms with Crippen molar-refractivity contribution >= 4 is 11.5 Å². The van der Waals surface area contributed by atoms with Gasteiger partial charge in [-0.25, -0.2) is 4.98 Å². The lowest BCUT2D eigenvalue weighted by Crippen LogP contribution is -2.10. The van der Waals surface area contributed by atoms with Gasteiger partial charge in [-0.1, -0.05) is 0 Å². The topological polar surface area (TPSA) is 113 Å². The number of rotatable bonds is 7. The van der Waals surface area contributed by atoms with Crippen LogP contribution in [0.3, 0.4) is 0 Å². The highest BCUT2D eigenvalue weighted by Crippen LogP contribution is 2.32. The van der Waals surface area contributed by atoms with E-state index < -0.39 is 4.92 Å². The molecule has 0 spiro atoms. The predicted octanol–water partition coefficient (Wildman–Crippen LogP) is 1.74. The molecule has 0 atom stereocenters. The first-order valence-corrected chi connectivity index (χ1v) is 6.00. The standard InChI is InChI=1S/C12H14N4O5/c1-19-7-9-14-11(13-6-8-4-3-5-21-8)10(16(17)18)12(15-9)20-2/h3-5H,6-7H2,1-2H3,(H,13,14,15). The van der Waals surface area contributed by atoms with Gasteiger partial charge >= 0.3 is 5.69 Å². The molecule has 0 aliphatic carbocycles. The maximum absolute atomic E-state index is 11.2. The Morgan fingerprint density at radius 1 is 1.43 bits per heavy atom. The summed E-state index contributed by atoms with van der Waals surface area (Å²) in [6.07, 6.45) is 1.52. The molecule has 1 N–H and O–H groups in total. The minimum Gasteiger partial charge on any atom is -0.476 e. The van der Waals surface area contributed by atoms with Gasteiger partial charge < -0.3 is 19.2 Å². The molecule has 0 amide bonds. The van der Waals surface area contributed by atoms with Crippen molar-refractivity contribution in [2.45, 2.75) is 13.2 Å². The number of methoxy groups -OCH3 is 2. The molecule has 0 fully saturated rings. The molecule has 0 aliphatic rings. The Bertz CT molecular complexity index is 614. The summed E-state index contributed by atoms with van der Waals surface area (Å²) in [5.74, 6) is 0.830. The quantitative estimate of drug-likeness (QED) is 0.607. The van der Waals surface area contributed by atoms with Crippen molar-refractivity contribution in [3.63, 3.8) is 0 Å². The maximum Gasteiger partial charge on any atom is 0.372 e. The molecular formula is C12H14N4O5. The van der Waals surface area contributed by atoms with Crippen molar-refractivity contribution in [3.05, 3.63) is 40.1 Å². The van der Waals surface area contributed by atoms with E-state index in [0.717, 1.165) is 0 Å². The van der Waals surface area contributed by atoms with E-state index in [0.29, 0.717) is 5.76 Å². The molecule has 0 aliphatic heterocycles. The average Bonchev–Trinajstić information content (AvgIpc) is 2.97. The van der Waals surface area contributed by atoms with Crippen LogP contribution in [0, 0.1) is 10.1 Å². The van der Waals surface area contributed by atoms with Crippen LogP contribution in [-0.2, 0) is 17.9 Å². The lowest BCUT2D eigenvalue weighted by Gasteiger charge is -2.09. The molecule has 2 aromatic rings. The van der Waals surface area contributed by atoms with E-state index in [4.69, 9.17) is 13.9 Å². The fourth-order valence-corrected chi connectivity index (χ4v) is 1.69. The van der Waals surface area contributed by atoms with Crippen LogP contribution < -0.4 is 10.1 Å². The van der Waals surface area contributed by atoms with E-state index in [1.807, 2.05) is 0 Å². The van der Waals surface area contributed by atoms with Gasteiger partial charge in [0, 0.05) is 7.11 Å². The van der Waals surface area contributed by atoms with Crippen LogP contribution in [0.4, 0.5) is 11.5 Å². The molecule has 0 aromatic carbocycles. The molecule has 21 heavy (non-hydrogen) atoms. The smallest absolute Gasteiger partial charge is 0.372 e. The molecule has 2 rings (SSSR count). The van der Waals surface area contributed by atoms with Gasteiger partial charge in [0.05, 0.1) is 24.8 Å². The van der Waals surface area contributed by atoms with Gasteiger partial charge in [-0.15, -0.1) is 0 Å². The molecular weight excluding hydrogens is 280 g/mol. The van der Waals surface area contributed by atoms with Crippen LogP contribution in [0.1, 0.15) is 11.6 Å². The number of hydrogen-bond donors (Lipinski definition) is 1. The number of nitrogens with one attached hydrogen (secondary N) is 1. The normalized spacial score (nSPS) is 10.4. The number of nitro groups is 1. The molecule has 0 saturated carbocycles. The van der Waals surface area contributed by atoms with Crippen LogP contribution in [0.25, 0.3) is 0 Å². The Balaban J connectivity index is 2.34. The highest BCUT2D eigenvalue weighted by atomic mass is 16.6. The van der Waals surface area contributed by atoms with E-state index in [2.05, 4.69) is 15.3 Å². The largest absolute Gasteiger partial charge is 0.476 e. The Hall–Kier alpha value is -2.68.